The zero-order valence-electron chi connectivity index (χ0n) is 11.0. The first-order valence-corrected chi connectivity index (χ1v) is 8.52. The van der Waals surface area contributed by atoms with E-state index in [-0.39, 0.29) is 5.91 Å². The van der Waals surface area contributed by atoms with Crippen molar-refractivity contribution in [3.8, 4) is 0 Å². The van der Waals surface area contributed by atoms with E-state index in [9.17, 15) is 9.36 Å². The van der Waals surface area contributed by atoms with E-state index in [1.807, 2.05) is 12.1 Å². The molecule has 1 amide bonds. The van der Waals surface area contributed by atoms with Crippen molar-refractivity contribution in [1.82, 2.24) is 9.99 Å². The second-order valence-corrected chi connectivity index (χ2v) is 7.10. The number of rotatable bonds is 4. The quantitative estimate of drug-likeness (QED) is 0.730. The average molecular weight is 317 g/mol. The molecule has 6 nitrogen and oxygen atoms in total. The summed E-state index contributed by atoms with van der Waals surface area (Å²) in [4.78, 5) is 12.2. The summed E-state index contributed by atoms with van der Waals surface area (Å²) in [7, 11) is -3.51. The molecule has 1 aliphatic heterocycles. The Labute approximate surface area is 123 Å². The number of hydrogen-bond acceptors (Lipinski definition) is 3. The molecule has 0 saturated carbocycles. The van der Waals surface area contributed by atoms with Gasteiger partial charge in [-0.3, -0.25) is 25.0 Å². The van der Waals surface area contributed by atoms with E-state index in [1.165, 1.54) is 0 Å². The van der Waals surface area contributed by atoms with Gasteiger partial charge in [0.05, 0.1) is 6.04 Å². The van der Waals surface area contributed by atoms with Gasteiger partial charge < -0.3 is 5.32 Å². The number of hydrogen-bond donors (Lipinski definition) is 3. The van der Waals surface area contributed by atoms with Crippen molar-refractivity contribution in [3.63, 3.8) is 0 Å². The van der Waals surface area contributed by atoms with Crippen molar-refractivity contribution in [1.29, 1.82) is 0 Å². The number of nitrogens with zero attached hydrogens (tertiary/aromatic N) is 1. The Morgan fingerprint density at radius 1 is 1.35 bits per heavy atom. The van der Waals surface area contributed by atoms with Crippen LogP contribution in [0.25, 0.3) is 0 Å². The van der Waals surface area contributed by atoms with E-state index in [4.69, 9.17) is 22.6 Å². The number of nitrogens with one attached hydrogen (secondary N) is 1. The van der Waals surface area contributed by atoms with E-state index in [0.29, 0.717) is 24.5 Å². The predicted molar refractivity (Wildman–Crippen MR) is 79.0 cm³/mol. The molecule has 1 saturated heterocycles. The number of amides is 1. The Kier molecular flexibility index (Phi) is 4.83. The molecule has 1 fully saturated rings. The number of piperidine rings is 1. The number of benzene rings is 1. The molecule has 110 valence electrons. The largest absolute Gasteiger partial charge is 0.302 e. The number of nitrogens with two attached hydrogens (primary N) is 2. The Morgan fingerprint density at radius 3 is 2.60 bits per heavy atom. The fraction of sp³-hybridized carbons (Fsp3) is 0.417. The fourth-order valence-corrected chi connectivity index (χ4v) is 3.23. The molecule has 0 bridgehead atoms. The lowest BCUT2D eigenvalue weighted by atomic mass is 10.1. The topological polar surface area (TPSA) is 101 Å². The van der Waals surface area contributed by atoms with E-state index in [0.717, 1.165) is 16.7 Å². The Morgan fingerprint density at radius 2 is 2.00 bits per heavy atom. The average Bonchev–Trinajstić information content (AvgIpc) is 2.38. The minimum Gasteiger partial charge on any atom is -0.302 e. The van der Waals surface area contributed by atoms with Crippen LogP contribution in [0.1, 0.15) is 18.4 Å². The zero-order valence-corrected chi connectivity index (χ0v) is 12.6. The lowest BCUT2D eigenvalue weighted by molar-refractivity contribution is -0.130. The van der Waals surface area contributed by atoms with Crippen LogP contribution in [0.3, 0.4) is 0 Å². The van der Waals surface area contributed by atoms with Crippen molar-refractivity contribution in [2.75, 3.05) is 6.54 Å². The molecule has 1 atom stereocenters. The highest BCUT2D eigenvalue weighted by molar-refractivity contribution is 7.57. The second-order valence-electron chi connectivity index (χ2n) is 4.84. The van der Waals surface area contributed by atoms with Crippen LogP contribution in [0.2, 0.25) is 5.02 Å². The van der Waals surface area contributed by atoms with Gasteiger partial charge >= 0.3 is 7.59 Å². The van der Waals surface area contributed by atoms with Gasteiger partial charge in [-0.25, -0.2) is 0 Å². The molecule has 2 rings (SSSR count). The van der Waals surface area contributed by atoms with Crippen LogP contribution in [-0.4, -0.2) is 23.2 Å². The summed E-state index contributed by atoms with van der Waals surface area (Å²) in [6.45, 7) is 0.878. The molecule has 0 aromatic heterocycles. The normalized spacial score (nSPS) is 20.2. The maximum atomic E-state index is 12.2. The van der Waals surface area contributed by atoms with Crippen LogP contribution in [-0.2, 0) is 15.9 Å². The molecular weight excluding hydrogens is 299 g/mol. The van der Waals surface area contributed by atoms with Gasteiger partial charge in [-0.15, -0.1) is 0 Å². The van der Waals surface area contributed by atoms with Gasteiger partial charge in [0.1, 0.15) is 0 Å². The van der Waals surface area contributed by atoms with Crippen molar-refractivity contribution < 1.29 is 9.36 Å². The van der Waals surface area contributed by atoms with Gasteiger partial charge in [-0.2, -0.15) is 0 Å². The molecule has 0 radical (unpaired) electrons. The standard InChI is InChI=1S/C12H18ClN4O2P/c13-10-5-3-9(4-6-10)8-16-11-2-1-7-17(12(11)18)20(14,15)19/h3-6,11,16H,1-2,7-8H2,(H4,14,15,19)/t11-/m0/s1. The van der Waals surface area contributed by atoms with E-state index in [2.05, 4.69) is 5.32 Å². The number of carbonyl (C=O) groups excluding carboxylic acids is 1. The first-order valence-electron chi connectivity index (χ1n) is 6.35. The molecule has 1 aliphatic rings. The van der Waals surface area contributed by atoms with Crippen molar-refractivity contribution in [3.05, 3.63) is 34.9 Å². The van der Waals surface area contributed by atoms with Gasteiger partial charge in [0.2, 0.25) is 5.91 Å². The molecule has 1 aromatic rings. The number of carbonyl (C=O) groups is 1. The first-order chi connectivity index (χ1) is 9.38. The maximum absolute atomic E-state index is 12.2. The van der Waals surface area contributed by atoms with E-state index < -0.39 is 13.6 Å². The van der Waals surface area contributed by atoms with Gasteiger partial charge in [0, 0.05) is 18.1 Å². The maximum Gasteiger partial charge on any atom is 0.302 e. The Hall–Kier alpha value is -0.910. The Bertz CT molecular complexity index is 531. The van der Waals surface area contributed by atoms with Crippen molar-refractivity contribution in [2.24, 2.45) is 11.0 Å². The lowest BCUT2D eigenvalue weighted by Crippen LogP contribution is -2.50. The van der Waals surface area contributed by atoms with Crippen LogP contribution >= 0.6 is 19.2 Å². The molecule has 20 heavy (non-hydrogen) atoms. The van der Waals surface area contributed by atoms with Crippen LogP contribution in [0.15, 0.2) is 24.3 Å². The summed E-state index contributed by atoms with van der Waals surface area (Å²) < 4.78 is 12.7. The summed E-state index contributed by atoms with van der Waals surface area (Å²) in [5, 5.41) is 3.81. The number of halogens is 1. The predicted octanol–water partition coefficient (Wildman–Crippen LogP) is 1.45. The highest BCUT2D eigenvalue weighted by Gasteiger charge is 2.35. The third kappa shape index (κ3) is 3.81. The van der Waals surface area contributed by atoms with Crippen LogP contribution < -0.4 is 16.3 Å². The highest BCUT2D eigenvalue weighted by atomic mass is 35.5. The zero-order chi connectivity index (χ0) is 14.8. The minimum absolute atomic E-state index is 0.293. The SMILES string of the molecule is NP(N)(=O)N1CCC[C@H](NCc2ccc(Cl)cc2)C1=O. The summed E-state index contributed by atoms with van der Waals surface area (Å²) in [5.74, 6) is -0.293. The minimum atomic E-state index is -3.51. The van der Waals surface area contributed by atoms with Crippen molar-refractivity contribution >= 4 is 25.1 Å². The first kappa shape index (κ1) is 15.5. The van der Waals surface area contributed by atoms with Crippen LogP contribution in [0.5, 0.6) is 0 Å². The van der Waals surface area contributed by atoms with Crippen molar-refractivity contribution in [2.45, 2.75) is 25.4 Å². The van der Waals surface area contributed by atoms with Gasteiger partial charge in [-0.05, 0) is 30.5 Å². The fourth-order valence-electron chi connectivity index (χ4n) is 2.20. The molecule has 0 aliphatic carbocycles. The van der Waals surface area contributed by atoms with Crippen LogP contribution in [0.4, 0.5) is 0 Å². The monoisotopic (exact) mass is 316 g/mol. The molecule has 5 N–H and O–H groups in total. The summed E-state index contributed by atoms with van der Waals surface area (Å²) in [6, 6.07) is 6.96. The highest BCUT2D eigenvalue weighted by Crippen LogP contribution is 2.35. The molecule has 0 unspecified atom stereocenters. The van der Waals surface area contributed by atoms with Crippen LogP contribution in [0, 0.1) is 0 Å². The third-order valence-corrected chi connectivity index (χ3v) is 4.66. The summed E-state index contributed by atoms with van der Waals surface area (Å²) >= 11 is 5.81. The summed E-state index contributed by atoms with van der Waals surface area (Å²) in [6.07, 6.45) is 1.41. The van der Waals surface area contributed by atoms with Gasteiger partial charge in [-0.1, -0.05) is 23.7 Å². The molecule has 1 aromatic carbocycles. The van der Waals surface area contributed by atoms with E-state index >= 15 is 0 Å². The lowest BCUT2D eigenvalue weighted by Gasteiger charge is -2.34. The van der Waals surface area contributed by atoms with E-state index in [1.54, 1.807) is 12.1 Å². The molecular formula is C12H18ClN4O2P. The second kappa shape index (κ2) is 6.24. The molecule has 8 heteroatoms. The Balaban J connectivity index is 1.97. The smallest absolute Gasteiger partial charge is 0.302 e. The van der Waals surface area contributed by atoms with Gasteiger partial charge in [0.25, 0.3) is 0 Å². The van der Waals surface area contributed by atoms with Gasteiger partial charge in [0.15, 0.2) is 0 Å². The summed E-state index contributed by atoms with van der Waals surface area (Å²) in [5.41, 5.74) is 11.8. The molecule has 0 spiro atoms. The molecule has 1 heterocycles. The third-order valence-electron chi connectivity index (χ3n) is 3.26.